The van der Waals surface area contributed by atoms with Crippen molar-refractivity contribution in [3.8, 4) is 5.88 Å². The molecule has 1 aromatic rings. The highest BCUT2D eigenvalue weighted by Crippen LogP contribution is 2.21. The molecule has 0 aliphatic carbocycles. The lowest BCUT2D eigenvalue weighted by atomic mass is 9.93. The molecule has 4 heteroatoms. The van der Waals surface area contributed by atoms with Crippen LogP contribution in [0.5, 0.6) is 5.88 Å². The molecule has 1 rings (SSSR count). The lowest BCUT2D eigenvalue weighted by Crippen LogP contribution is -2.12. The quantitative estimate of drug-likeness (QED) is 0.837. The summed E-state index contributed by atoms with van der Waals surface area (Å²) in [7, 11) is 0. The minimum Gasteiger partial charge on any atom is -0.476 e. The molecule has 0 N–H and O–H groups in total. The topological polar surface area (TPSA) is 22.1 Å². The summed E-state index contributed by atoms with van der Waals surface area (Å²) in [6.07, 6.45) is 2.39. The molecule has 0 aliphatic rings. The molecule has 1 heterocycles. The van der Waals surface area contributed by atoms with Gasteiger partial charge < -0.3 is 4.74 Å². The van der Waals surface area contributed by atoms with Gasteiger partial charge in [-0.05, 0) is 33.8 Å². The third-order valence-corrected chi connectivity index (χ3v) is 2.30. The Bertz CT molecular complexity index is 336. The Morgan fingerprint density at radius 3 is 2.67 bits per heavy atom. The molecule has 0 saturated heterocycles. The van der Waals surface area contributed by atoms with Crippen LogP contribution in [0.4, 0.5) is 4.39 Å². The minimum atomic E-state index is -0.432. The van der Waals surface area contributed by atoms with E-state index in [1.54, 1.807) is 0 Å². The van der Waals surface area contributed by atoms with E-state index < -0.39 is 5.82 Å². The smallest absolute Gasteiger partial charge is 0.250 e. The van der Waals surface area contributed by atoms with E-state index in [4.69, 9.17) is 4.74 Å². The van der Waals surface area contributed by atoms with E-state index in [2.05, 4.69) is 41.7 Å². The molecule has 0 spiro atoms. The van der Waals surface area contributed by atoms with E-state index in [-0.39, 0.29) is 11.3 Å². The lowest BCUT2D eigenvalue weighted by molar-refractivity contribution is 0.227. The van der Waals surface area contributed by atoms with Crippen LogP contribution >= 0.6 is 15.9 Å². The second-order valence-electron chi connectivity index (χ2n) is 4.60. The standard InChI is InChI=1S/C11H15BrFNO/c1-11(2,3)4-5-15-10-9(13)6-8(12)7-14-10/h6-7H,4-5H2,1-3H3. The number of ether oxygens (including phenoxy) is 1. The first-order valence-corrected chi connectivity index (χ1v) is 5.62. The molecule has 0 atom stereocenters. The van der Waals surface area contributed by atoms with Crippen molar-refractivity contribution in [2.45, 2.75) is 27.2 Å². The van der Waals surface area contributed by atoms with Crippen LogP contribution in [0.3, 0.4) is 0 Å². The number of nitrogens with zero attached hydrogens (tertiary/aromatic N) is 1. The molecule has 0 bridgehead atoms. The van der Waals surface area contributed by atoms with Crippen molar-refractivity contribution in [3.05, 3.63) is 22.6 Å². The van der Waals surface area contributed by atoms with Gasteiger partial charge in [-0.1, -0.05) is 20.8 Å². The van der Waals surface area contributed by atoms with Crippen molar-refractivity contribution < 1.29 is 9.13 Å². The second-order valence-corrected chi connectivity index (χ2v) is 5.52. The van der Waals surface area contributed by atoms with E-state index in [9.17, 15) is 4.39 Å². The predicted molar refractivity (Wildman–Crippen MR) is 61.5 cm³/mol. The summed E-state index contributed by atoms with van der Waals surface area (Å²) >= 11 is 3.14. The zero-order valence-corrected chi connectivity index (χ0v) is 10.8. The third-order valence-electron chi connectivity index (χ3n) is 1.86. The summed E-state index contributed by atoms with van der Waals surface area (Å²) in [6, 6.07) is 1.35. The fourth-order valence-electron chi connectivity index (χ4n) is 0.962. The Labute approximate surface area is 98.0 Å². The fraction of sp³-hybridized carbons (Fsp3) is 0.545. The van der Waals surface area contributed by atoms with Gasteiger partial charge in [-0.15, -0.1) is 0 Å². The number of aromatic nitrogens is 1. The van der Waals surface area contributed by atoms with Crippen LogP contribution < -0.4 is 4.74 Å². The molecular formula is C11H15BrFNO. The van der Waals surface area contributed by atoms with Gasteiger partial charge in [0.25, 0.3) is 0 Å². The molecular weight excluding hydrogens is 261 g/mol. The van der Waals surface area contributed by atoms with E-state index in [0.29, 0.717) is 11.1 Å². The summed E-state index contributed by atoms with van der Waals surface area (Å²) in [5.74, 6) is -0.360. The summed E-state index contributed by atoms with van der Waals surface area (Å²) < 4.78 is 19.1. The molecule has 2 nitrogen and oxygen atoms in total. The van der Waals surface area contributed by atoms with Gasteiger partial charge in [0.05, 0.1) is 6.61 Å². The van der Waals surface area contributed by atoms with Gasteiger partial charge in [-0.2, -0.15) is 0 Å². The number of rotatable bonds is 3. The lowest BCUT2D eigenvalue weighted by Gasteiger charge is -2.17. The first-order valence-electron chi connectivity index (χ1n) is 4.82. The summed E-state index contributed by atoms with van der Waals surface area (Å²) in [5.41, 5.74) is 0.186. The zero-order valence-electron chi connectivity index (χ0n) is 9.18. The van der Waals surface area contributed by atoms with Gasteiger partial charge in [0.1, 0.15) is 0 Å². The van der Waals surface area contributed by atoms with Gasteiger partial charge in [0.15, 0.2) is 5.82 Å². The van der Waals surface area contributed by atoms with Gasteiger partial charge in [0.2, 0.25) is 5.88 Å². The van der Waals surface area contributed by atoms with Crippen LogP contribution in [0.25, 0.3) is 0 Å². The number of hydrogen-bond donors (Lipinski definition) is 0. The number of pyridine rings is 1. The van der Waals surface area contributed by atoms with Crippen LogP contribution in [0.1, 0.15) is 27.2 Å². The highest BCUT2D eigenvalue weighted by Gasteiger charge is 2.11. The average molecular weight is 276 g/mol. The molecule has 0 amide bonds. The Kier molecular flexibility index (Phi) is 4.08. The minimum absolute atomic E-state index is 0.0717. The fourth-order valence-corrected chi connectivity index (χ4v) is 1.27. The van der Waals surface area contributed by atoms with Crippen LogP contribution in [0.2, 0.25) is 0 Å². The molecule has 0 fully saturated rings. The van der Waals surface area contributed by atoms with Crippen molar-refractivity contribution in [1.29, 1.82) is 0 Å². The molecule has 0 aromatic carbocycles. The monoisotopic (exact) mass is 275 g/mol. The third kappa shape index (κ3) is 4.60. The van der Waals surface area contributed by atoms with E-state index in [1.807, 2.05) is 0 Å². The molecule has 1 aromatic heterocycles. The zero-order chi connectivity index (χ0) is 11.5. The number of hydrogen-bond acceptors (Lipinski definition) is 2. The van der Waals surface area contributed by atoms with Gasteiger partial charge >= 0.3 is 0 Å². The average Bonchev–Trinajstić information content (AvgIpc) is 2.07. The van der Waals surface area contributed by atoms with Crippen LogP contribution in [0, 0.1) is 11.2 Å². The SMILES string of the molecule is CC(C)(C)CCOc1ncc(Br)cc1F. The summed E-state index contributed by atoms with van der Waals surface area (Å²) in [5, 5.41) is 0. The Balaban J connectivity index is 2.51. The maximum atomic E-state index is 13.3. The normalized spacial score (nSPS) is 11.5. The molecule has 0 saturated carbocycles. The highest BCUT2D eigenvalue weighted by atomic mass is 79.9. The second kappa shape index (κ2) is 4.92. The molecule has 0 aliphatic heterocycles. The first kappa shape index (κ1) is 12.4. The van der Waals surface area contributed by atoms with Crippen LogP contribution in [-0.2, 0) is 0 Å². The van der Waals surface area contributed by atoms with Crippen LogP contribution in [-0.4, -0.2) is 11.6 Å². The van der Waals surface area contributed by atoms with Crippen molar-refractivity contribution in [2.24, 2.45) is 5.41 Å². The molecule has 0 unspecified atom stereocenters. The van der Waals surface area contributed by atoms with Crippen LogP contribution in [0.15, 0.2) is 16.7 Å². The maximum Gasteiger partial charge on any atom is 0.250 e. The van der Waals surface area contributed by atoms with Crippen molar-refractivity contribution in [2.75, 3.05) is 6.61 Å². The largest absolute Gasteiger partial charge is 0.476 e. The number of halogens is 2. The van der Waals surface area contributed by atoms with Crippen molar-refractivity contribution in [1.82, 2.24) is 4.98 Å². The van der Waals surface area contributed by atoms with Gasteiger partial charge in [-0.3, -0.25) is 0 Å². The molecule has 15 heavy (non-hydrogen) atoms. The summed E-state index contributed by atoms with van der Waals surface area (Å²) in [4.78, 5) is 3.85. The maximum absolute atomic E-state index is 13.3. The van der Waals surface area contributed by atoms with Crippen molar-refractivity contribution >= 4 is 15.9 Å². The molecule has 84 valence electrons. The highest BCUT2D eigenvalue weighted by molar-refractivity contribution is 9.10. The van der Waals surface area contributed by atoms with E-state index >= 15 is 0 Å². The Hall–Kier alpha value is -0.640. The summed E-state index contributed by atoms with van der Waals surface area (Å²) in [6.45, 7) is 6.82. The van der Waals surface area contributed by atoms with Gasteiger partial charge in [-0.25, -0.2) is 9.37 Å². The van der Waals surface area contributed by atoms with E-state index in [0.717, 1.165) is 6.42 Å². The molecule has 0 radical (unpaired) electrons. The predicted octanol–water partition coefficient (Wildman–Crippen LogP) is 3.80. The Morgan fingerprint density at radius 1 is 1.47 bits per heavy atom. The van der Waals surface area contributed by atoms with Gasteiger partial charge in [0, 0.05) is 10.7 Å². The Morgan fingerprint density at radius 2 is 2.13 bits per heavy atom. The van der Waals surface area contributed by atoms with Crippen molar-refractivity contribution in [3.63, 3.8) is 0 Å². The van der Waals surface area contributed by atoms with E-state index in [1.165, 1.54) is 12.3 Å². The first-order chi connectivity index (χ1) is 6.88.